The Balaban J connectivity index is 1.13. The average molecular weight is 606 g/mol. The van der Waals surface area contributed by atoms with Crippen molar-refractivity contribution < 1.29 is 9.47 Å². The Morgan fingerprint density at radius 2 is 0.804 bits per heavy atom. The summed E-state index contributed by atoms with van der Waals surface area (Å²) in [6.45, 7) is 1.98. The van der Waals surface area contributed by atoms with Gasteiger partial charge >= 0.3 is 0 Å². The normalized spacial score (nSPS) is 26.6. The Kier molecular flexibility index (Phi) is 6.90. The standard InChI is InChI=1S/C41H39N3O2/c1-5-16-30(17-6-1)40(31-18-7-2-8-19-31)36-26-14-28-43(36)38(45-40)34-24-13-25-35(42-34)39-44-29-15-27-37(44)41(46-39,32-20-9-3-10-21-32)33-22-11-4-12-23-33/h1-13,16-25,36-39H,14-15,26-29H2. The quantitative estimate of drug-likeness (QED) is 0.196. The second-order valence-electron chi connectivity index (χ2n) is 13.2. The second-order valence-corrected chi connectivity index (χ2v) is 13.2. The lowest BCUT2D eigenvalue weighted by molar-refractivity contribution is -0.0543. The average Bonchev–Trinajstić information content (AvgIpc) is 3.93. The lowest BCUT2D eigenvalue weighted by Crippen LogP contribution is -2.40. The molecule has 4 fully saturated rings. The van der Waals surface area contributed by atoms with E-state index >= 15 is 0 Å². The van der Waals surface area contributed by atoms with E-state index in [4.69, 9.17) is 14.5 Å². The van der Waals surface area contributed by atoms with E-state index in [0.29, 0.717) is 0 Å². The molecule has 0 amide bonds. The highest BCUT2D eigenvalue weighted by atomic mass is 16.5. The summed E-state index contributed by atoms with van der Waals surface area (Å²) >= 11 is 0. The molecule has 4 atom stereocenters. The molecule has 46 heavy (non-hydrogen) atoms. The van der Waals surface area contributed by atoms with Crippen LogP contribution in [0.1, 0.15) is 71.8 Å². The first-order valence-electron chi connectivity index (χ1n) is 16.9. The predicted octanol–water partition coefficient (Wildman–Crippen LogP) is 7.96. The first kappa shape index (κ1) is 28.1. The number of nitrogens with zero attached hydrogens (tertiary/aromatic N) is 3. The van der Waals surface area contributed by atoms with E-state index in [1.807, 2.05) is 0 Å². The summed E-state index contributed by atoms with van der Waals surface area (Å²) in [5, 5.41) is 0. The minimum Gasteiger partial charge on any atom is -0.340 e. The molecule has 0 saturated carbocycles. The largest absolute Gasteiger partial charge is 0.340 e. The van der Waals surface area contributed by atoms with Gasteiger partial charge in [-0.1, -0.05) is 127 Å². The summed E-state index contributed by atoms with van der Waals surface area (Å²) in [4.78, 5) is 10.5. The monoisotopic (exact) mass is 605 g/mol. The zero-order chi connectivity index (χ0) is 30.6. The van der Waals surface area contributed by atoms with Gasteiger partial charge in [0.2, 0.25) is 0 Å². The van der Waals surface area contributed by atoms with Crippen LogP contribution in [-0.4, -0.2) is 40.0 Å². The summed E-state index contributed by atoms with van der Waals surface area (Å²) in [5.74, 6) is 0. The number of fused-ring (bicyclic) bond motifs is 2. The molecule has 4 saturated heterocycles. The van der Waals surface area contributed by atoms with Crippen LogP contribution in [0.4, 0.5) is 0 Å². The van der Waals surface area contributed by atoms with Crippen molar-refractivity contribution in [2.75, 3.05) is 13.1 Å². The number of hydrogen-bond donors (Lipinski definition) is 0. The maximum atomic E-state index is 7.37. The van der Waals surface area contributed by atoms with Gasteiger partial charge in [-0.25, -0.2) is 4.98 Å². The molecule has 4 aliphatic rings. The third-order valence-electron chi connectivity index (χ3n) is 10.8. The number of aromatic nitrogens is 1. The van der Waals surface area contributed by atoms with Crippen LogP contribution >= 0.6 is 0 Å². The minimum atomic E-state index is -0.568. The number of benzene rings is 4. The first-order chi connectivity index (χ1) is 22.8. The van der Waals surface area contributed by atoms with Crippen LogP contribution in [0.5, 0.6) is 0 Å². The Morgan fingerprint density at radius 3 is 1.15 bits per heavy atom. The number of pyridine rings is 1. The van der Waals surface area contributed by atoms with E-state index in [9.17, 15) is 0 Å². The van der Waals surface area contributed by atoms with Gasteiger partial charge in [-0.05, 0) is 60.1 Å². The van der Waals surface area contributed by atoms with Gasteiger partial charge in [-0.3, -0.25) is 9.80 Å². The van der Waals surface area contributed by atoms with Gasteiger partial charge in [0.05, 0.1) is 23.5 Å². The van der Waals surface area contributed by atoms with Crippen molar-refractivity contribution in [3.8, 4) is 0 Å². The zero-order valence-electron chi connectivity index (χ0n) is 26.0. The van der Waals surface area contributed by atoms with Gasteiger partial charge in [-0.2, -0.15) is 0 Å². The third kappa shape index (κ3) is 4.19. The SMILES string of the molecule is c1ccc(C2(c3ccccc3)OC(c3cccc(C4OC(c5ccccc5)(c5ccccc5)C5CCCN45)n3)N3CCCC32)cc1. The van der Waals surface area contributed by atoms with E-state index in [2.05, 4.69) is 149 Å². The fourth-order valence-corrected chi connectivity index (χ4v) is 8.98. The van der Waals surface area contributed by atoms with Crippen molar-refractivity contribution in [2.45, 2.75) is 61.4 Å². The molecule has 230 valence electrons. The third-order valence-corrected chi connectivity index (χ3v) is 10.8. The van der Waals surface area contributed by atoms with Crippen molar-refractivity contribution in [3.63, 3.8) is 0 Å². The molecule has 5 heteroatoms. The van der Waals surface area contributed by atoms with Crippen LogP contribution in [0.15, 0.2) is 140 Å². The molecule has 1 aromatic heterocycles. The van der Waals surface area contributed by atoms with Crippen molar-refractivity contribution in [1.82, 2.24) is 14.8 Å². The fraction of sp³-hybridized carbons (Fsp3) is 0.293. The lowest BCUT2D eigenvalue weighted by atomic mass is 9.79. The number of hydrogen-bond acceptors (Lipinski definition) is 5. The summed E-state index contributed by atoms with van der Waals surface area (Å²) in [6, 6.07) is 50.1. The molecule has 0 radical (unpaired) electrons. The molecule has 5 nitrogen and oxygen atoms in total. The van der Waals surface area contributed by atoms with Crippen LogP contribution in [-0.2, 0) is 20.7 Å². The van der Waals surface area contributed by atoms with E-state index in [-0.39, 0.29) is 24.5 Å². The van der Waals surface area contributed by atoms with E-state index < -0.39 is 11.2 Å². The minimum absolute atomic E-state index is 0.224. The second kappa shape index (κ2) is 11.3. The topological polar surface area (TPSA) is 37.8 Å². The Morgan fingerprint density at radius 1 is 0.457 bits per heavy atom. The summed E-state index contributed by atoms with van der Waals surface area (Å²) < 4.78 is 14.7. The summed E-state index contributed by atoms with van der Waals surface area (Å²) in [7, 11) is 0. The molecule has 5 aromatic rings. The lowest BCUT2D eigenvalue weighted by Gasteiger charge is -2.35. The molecule has 5 heterocycles. The molecular weight excluding hydrogens is 566 g/mol. The van der Waals surface area contributed by atoms with Gasteiger partial charge in [0.1, 0.15) is 11.2 Å². The van der Waals surface area contributed by atoms with Crippen LogP contribution < -0.4 is 0 Å². The Labute approximate surface area is 271 Å². The van der Waals surface area contributed by atoms with Crippen LogP contribution in [0, 0.1) is 0 Å². The van der Waals surface area contributed by atoms with Gasteiger partial charge in [0, 0.05) is 13.1 Å². The molecule has 4 aliphatic heterocycles. The molecular formula is C41H39N3O2. The zero-order valence-corrected chi connectivity index (χ0v) is 26.0. The van der Waals surface area contributed by atoms with E-state index in [0.717, 1.165) is 50.2 Å². The van der Waals surface area contributed by atoms with Crippen molar-refractivity contribution >= 4 is 0 Å². The maximum Gasteiger partial charge on any atom is 0.155 e. The van der Waals surface area contributed by atoms with Crippen molar-refractivity contribution in [1.29, 1.82) is 0 Å². The molecule has 4 aromatic carbocycles. The van der Waals surface area contributed by atoms with Crippen LogP contribution in [0.25, 0.3) is 0 Å². The predicted molar refractivity (Wildman–Crippen MR) is 179 cm³/mol. The van der Waals surface area contributed by atoms with Gasteiger partial charge < -0.3 is 9.47 Å². The molecule has 4 unspecified atom stereocenters. The molecule has 0 N–H and O–H groups in total. The molecule has 0 spiro atoms. The highest BCUT2D eigenvalue weighted by Gasteiger charge is 2.59. The molecule has 0 bridgehead atoms. The number of ether oxygens (including phenoxy) is 2. The van der Waals surface area contributed by atoms with Crippen molar-refractivity contribution in [2.24, 2.45) is 0 Å². The summed E-state index contributed by atoms with van der Waals surface area (Å²) in [6.07, 6.45) is 3.94. The highest BCUT2D eigenvalue weighted by Crippen LogP contribution is 2.56. The Bertz CT molecular complexity index is 1590. The van der Waals surface area contributed by atoms with Gasteiger partial charge in [0.15, 0.2) is 12.5 Å². The van der Waals surface area contributed by atoms with Gasteiger partial charge in [-0.15, -0.1) is 0 Å². The molecule has 0 aliphatic carbocycles. The summed E-state index contributed by atoms with van der Waals surface area (Å²) in [5.41, 5.74) is 5.57. The van der Waals surface area contributed by atoms with E-state index in [1.54, 1.807) is 0 Å². The Hall–Kier alpha value is -4.13. The van der Waals surface area contributed by atoms with Crippen LogP contribution in [0.3, 0.4) is 0 Å². The van der Waals surface area contributed by atoms with Crippen LogP contribution in [0.2, 0.25) is 0 Å². The molecule has 9 rings (SSSR count). The fourth-order valence-electron chi connectivity index (χ4n) is 8.98. The maximum absolute atomic E-state index is 7.37. The van der Waals surface area contributed by atoms with Crippen molar-refractivity contribution in [3.05, 3.63) is 173 Å². The smallest absolute Gasteiger partial charge is 0.155 e. The highest BCUT2D eigenvalue weighted by molar-refractivity contribution is 5.43. The van der Waals surface area contributed by atoms with E-state index in [1.165, 1.54) is 22.3 Å². The number of rotatable bonds is 6. The first-order valence-corrected chi connectivity index (χ1v) is 16.9. The van der Waals surface area contributed by atoms with Gasteiger partial charge in [0.25, 0.3) is 0 Å².